The fourth-order valence-corrected chi connectivity index (χ4v) is 3.75. The van der Waals surface area contributed by atoms with Crippen molar-refractivity contribution in [2.24, 2.45) is 10.2 Å². The maximum atomic E-state index is 11.8. The van der Waals surface area contributed by atoms with Crippen LogP contribution in [-0.2, 0) is 20.2 Å². The minimum absolute atomic E-state index is 0. The van der Waals surface area contributed by atoms with E-state index in [2.05, 4.69) is 10.2 Å². The quantitative estimate of drug-likeness (QED) is 0.189. The van der Waals surface area contributed by atoms with Gasteiger partial charge in [0.2, 0.25) is 0 Å². The Morgan fingerprint density at radius 2 is 1.52 bits per heavy atom. The number of nitrogens with two attached hydrogens (primary N) is 1. The Balaban J connectivity index is 0.00000225. The first kappa shape index (κ1) is 23.2. The second-order valence-corrected chi connectivity index (χ2v) is 8.48. The summed E-state index contributed by atoms with van der Waals surface area (Å²) in [6, 6.07) is 10.8. The second-order valence-electron chi connectivity index (χ2n) is 5.67. The van der Waals surface area contributed by atoms with Crippen molar-refractivity contribution in [3.63, 3.8) is 0 Å². The number of anilines is 1. The van der Waals surface area contributed by atoms with E-state index in [4.69, 9.17) is 5.73 Å². The van der Waals surface area contributed by atoms with Crippen molar-refractivity contribution in [1.82, 2.24) is 0 Å². The van der Waals surface area contributed by atoms with Crippen LogP contribution in [0.2, 0.25) is 0 Å². The maximum Gasteiger partial charge on any atom is 1.00 e. The van der Waals surface area contributed by atoms with Crippen molar-refractivity contribution in [2.75, 3.05) is 5.73 Å². The van der Waals surface area contributed by atoms with E-state index in [9.17, 15) is 31.0 Å². The van der Waals surface area contributed by atoms with E-state index in [0.29, 0.717) is 5.69 Å². The van der Waals surface area contributed by atoms with E-state index in [1.165, 1.54) is 0 Å². The van der Waals surface area contributed by atoms with Gasteiger partial charge in [0.15, 0.2) is 5.75 Å². The maximum absolute atomic E-state index is 11.8. The van der Waals surface area contributed by atoms with Crippen LogP contribution < -0.4 is 35.3 Å². The first-order valence-electron chi connectivity index (χ1n) is 7.49. The summed E-state index contributed by atoms with van der Waals surface area (Å²) >= 11 is 0. The van der Waals surface area contributed by atoms with E-state index in [1.807, 2.05) is 0 Å². The predicted molar refractivity (Wildman–Crippen MR) is 101 cm³/mol. The van der Waals surface area contributed by atoms with Gasteiger partial charge in [0, 0.05) is 11.1 Å². The van der Waals surface area contributed by atoms with E-state index < -0.39 is 41.5 Å². The third-order valence-corrected chi connectivity index (χ3v) is 5.45. The molecule has 0 saturated heterocycles. The molecule has 0 saturated carbocycles. The Morgan fingerprint density at radius 3 is 2.07 bits per heavy atom. The molecule has 3 aromatic carbocycles. The molecule has 0 amide bonds. The molecule has 0 unspecified atom stereocenters. The van der Waals surface area contributed by atoms with Crippen LogP contribution in [0.3, 0.4) is 0 Å². The number of azo groups is 1. The molecule has 0 spiro atoms. The van der Waals surface area contributed by atoms with Crippen LogP contribution in [0.4, 0.5) is 17.1 Å². The predicted octanol–water partition coefficient (Wildman–Crippen LogP) is 0.153. The van der Waals surface area contributed by atoms with Gasteiger partial charge >= 0.3 is 29.6 Å². The van der Waals surface area contributed by atoms with Gasteiger partial charge in [0.25, 0.3) is 20.2 Å². The average molecular weight is 447 g/mol. The molecule has 5 N–H and O–H groups in total. The average Bonchev–Trinajstić information content (AvgIpc) is 2.59. The molecule has 3 rings (SSSR count). The summed E-state index contributed by atoms with van der Waals surface area (Å²) in [5, 5.41) is 17.8. The number of aromatic hydroxyl groups is 1. The first-order chi connectivity index (χ1) is 13.0. The number of phenols is 1. The van der Waals surface area contributed by atoms with Crippen LogP contribution in [0.15, 0.2) is 68.6 Å². The van der Waals surface area contributed by atoms with Crippen LogP contribution in [0, 0.1) is 0 Å². The zero-order valence-corrected chi connectivity index (χ0v) is 18.5. The van der Waals surface area contributed by atoms with E-state index in [0.717, 1.165) is 18.2 Å². The molecule has 13 heteroatoms. The second kappa shape index (κ2) is 8.36. The standard InChI is InChI=1S/C16H13N3O7S2.Na.H/c17-12-8-11(27(21,22)23)6-9-7-13(28(24,25)26)15(16(20)14(9)12)19-18-10-4-2-1-3-5-10;;/h1-8,20H,17H2,(H,21,22,23)(H,24,25,26);;/q;+1;-1. The van der Waals surface area contributed by atoms with Crippen LogP contribution >= 0.6 is 0 Å². The normalized spacial score (nSPS) is 12.2. The van der Waals surface area contributed by atoms with Crippen LogP contribution in [0.5, 0.6) is 5.75 Å². The number of hydrogen-bond donors (Lipinski definition) is 4. The van der Waals surface area contributed by atoms with Gasteiger partial charge in [-0.3, -0.25) is 9.11 Å². The van der Waals surface area contributed by atoms with Gasteiger partial charge in [0.05, 0.1) is 10.6 Å². The summed E-state index contributed by atoms with van der Waals surface area (Å²) in [7, 11) is -9.53. The number of rotatable bonds is 4. The van der Waals surface area contributed by atoms with Crippen molar-refractivity contribution >= 4 is 48.1 Å². The SMILES string of the molecule is Nc1cc(S(=O)(=O)O)cc2cc(S(=O)(=O)O)c(N=Nc3ccccc3)c(O)c12.[H-].[Na+]. The smallest absolute Gasteiger partial charge is 1.00 e. The third kappa shape index (κ3) is 4.93. The molecule has 0 aliphatic heterocycles. The van der Waals surface area contributed by atoms with Crippen molar-refractivity contribution in [2.45, 2.75) is 9.79 Å². The number of nitrogens with zero attached hydrogens (tertiary/aromatic N) is 2. The summed E-state index contributed by atoms with van der Waals surface area (Å²) < 4.78 is 65.0. The van der Waals surface area contributed by atoms with Gasteiger partial charge in [-0.25, -0.2) is 0 Å². The minimum atomic E-state index is -4.88. The van der Waals surface area contributed by atoms with Gasteiger partial charge in [-0.15, -0.1) is 5.11 Å². The fourth-order valence-electron chi connectivity index (χ4n) is 2.54. The summed E-state index contributed by atoms with van der Waals surface area (Å²) in [6.45, 7) is 0. The zero-order chi connectivity index (χ0) is 20.7. The van der Waals surface area contributed by atoms with Gasteiger partial charge in [-0.1, -0.05) is 18.2 Å². The van der Waals surface area contributed by atoms with Crippen LogP contribution in [-0.4, -0.2) is 31.0 Å². The first-order valence-corrected chi connectivity index (χ1v) is 10.4. The van der Waals surface area contributed by atoms with Gasteiger partial charge in [0.1, 0.15) is 10.6 Å². The molecule has 10 nitrogen and oxygen atoms in total. The molecule has 0 bridgehead atoms. The molecule has 3 aromatic rings. The van der Waals surface area contributed by atoms with Crippen molar-refractivity contribution in [3.05, 3.63) is 48.5 Å². The van der Waals surface area contributed by atoms with Crippen molar-refractivity contribution < 1.29 is 62.0 Å². The van der Waals surface area contributed by atoms with E-state index in [1.54, 1.807) is 30.3 Å². The Morgan fingerprint density at radius 1 is 0.897 bits per heavy atom. The monoisotopic (exact) mass is 447 g/mol. The van der Waals surface area contributed by atoms with Gasteiger partial charge in [-0.05, 0) is 35.7 Å². The molecule has 0 fully saturated rings. The largest absolute Gasteiger partial charge is 1.00 e. The summed E-state index contributed by atoms with van der Waals surface area (Å²) in [5.41, 5.74) is 5.27. The summed E-state index contributed by atoms with van der Waals surface area (Å²) in [5.74, 6) is -0.732. The molecule has 148 valence electrons. The van der Waals surface area contributed by atoms with Crippen LogP contribution in [0.25, 0.3) is 10.8 Å². The Hall–Kier alpha value is -2.06. The number of hydrogen-bond acceptors (Lipinski definition) is 8. The molecular weight excluding hydrogens is 433 g/mol. The topological polar surface area (TPSA) is 180 Å². The third-order valence-electron chi connectivity index (χ3n) is 3.75. The molecule has 0 aliphatic rings. The molecular formula is C16H14N3NaO7S2. The molecule has 0 atom stereocenters. The summed E-state index contributed by atoms with van der Waals surface area (Å²) in [4.78, 5) is -1.43. The Kier molecular flexibility index (Phi) is 6.69. The number of fused-ring (bicyclic) bond motifs is 1. The van der Waals surface area contributed by atoms with Gasteiger partial charge < -0.3 is 12.3 Å². The van der Waals surface area contributed by atoms with Crippen LogP contribution in [0.1, 0.15) is 1.43 Å². The van der Waals surface area contributed by atoms with E-state index >= 15 is 0 Å². The number of phenolic OH excluding ortho intramolecular Hbond substituents is 1. The molecule has 0 aliphatic carbocycles. The molecule has 0 radical (unpaired) electrons. The molecule has 29 heavy (non-hydrogen) atoms. The van der Waals surface area contributed by atoms with Crippen molar-refractivity contribution in [1.29, 1.82) is 0 Å². The fraction of sp³-hybridized carbons (Fsp3) is 0. The van der Waals surface area contributed by atoms with Crippen molar-refractivity contribution in [3.8, 4) is 5.75 Å². The van der Waals surface area contributed by atoms with Gasteiger partial charge in [-0.2, -0.15) is 21.9 Å². The Labute approximate surface area is 189 Å². The molecule has 0 aromatic heterocycles. The minimum Gasteiger partial charge on any atom is -1.00 e. The molecule has 0 heterocycles. The Bertz CT molecular complexity index is 1330. The number of nitrogen functional groups attached to an aromatic ring is 1. The summed E-state index contributed by atoms with van der Waals surface area (Å²) in [6.07, 6.45) is 0. The number of benzene rings is 3. The zero-order valence-electron chi connectivity index (χ0n) is 15.9. The van der Waals surface area contributed by atoms with E-state index in [-0.39, 0.29) is 47.4 Å².